The van der Waals surface area contributed by atoms with Gasteiger partial charge in [0.05, 0.1) is 22.9 Å². The lowest BCUT2D eigenvalue weighted by Gasteiger charge is -2.15. The van der Waals surface area contributed by atoms with Crippen LogP contribution in [0.3, 0.4) is 0 Å². The maximum atomic E-state index is 12.7. The number of carboxylic acid groups (broad SMARTS) is 1. The minimum Gasteiger partial charge on any atom is -0.481 e. The van der Waals surface area contributed by atoms with E-state index < -0.39 is 11.9 Å². The molecule has 2 aliphatic rings. The maximum absolute atomic E-state index is 12.7. The van der Waals surface area contributed by atoms with Crippen LogP contribution in [0.2, 0.25) is 0 Å². The molecule has 132 valence electrons. The van der Waals surface area contributed by atoms with Crippen molar-refractivity contribution in [3.63, 3.8) is 0 Å². The second-order valence-corrected chi connectivity index (χ2v) is 7.87. The number of thiophene rings is 1. The summed E-state index contributed by atoms with van der Waals surface area (Å²) in [4.78, 5) is 31.3. The van der Waals surface area contributed by atoms with Gasteiger partial charge in [-0.05, 0) is 43.0 Å². The first-order valence-electron chi connectivity index (χ1n) is 8.53. The highest BCUT2D eigenvalue weighted by Gasteiger charge is 2.46. The molecule has 0 bridgehead atoms. The Bertz CT molecular complexity index is 794. The largest absolute Gasteiger partial charge is 0.481 e. The topological polar surface area (TPSA) is 83.6 Å². The van der Waals surface area contributed by atoms with Crippen LogP contribution in [0.4, 0.5) is 0 Å². The molecule has 25 heavy (non-hydrogen) atoms. The quantitative estimate of drug-likeness (QED) is 0.886. The summed E-state index contributed by atoms with van der Waals surface area (Å²) in [5.74, 6) is 0.463. The van der Waals surface area contributed by atoms with Gasteiger partial charge >= 0.3 is 5.97 Å². The zero-order valence-electron chi connectivity index (χ0n) is 14.0. The molecule has 4 rings (SSSR count). The van der Waals surface area contributed by atoms with Gasteiger partial charge in [-0.2, -0.15) is 0 Å². The number of aromatic nitrogens is 1. The molecule has 3 heterocycles. The number of likely N-dealkylation sites (tertiary alicyclic amines) is 1. The number of oxazole rings is 1. The normalized spacial score (nSPS) is 23.2. The van der Waals surface area contributed by atoms with E-state index >= 15 is 0 Å². The monoisotopic (exact) mass is 360 g/mol. The van der Waals surface area contributed by atoms with Crippen LogP contribution in [-0.4, -0.2) is 40.0 Å². The molecule has 2 aromatic rings. The number of aliphatic carboxylic acids is 1. The molecule has 1 saturated carbocycles. The van der Waals surface area contributed by atoms with E-state index in [1.807, 2.05) is 24.4 Å². The number of hydrogen-bond donors (Lipinski definition) is 1. The molecule has 0 unspecified atom stereocenters. The lowest BCUT2D eigenvalue weighted by atomic mass is 9.92. The fourth-order valence-corrected chi connectivity index (χ4v) is 4.30. The molecule has 0 radical (unpaired) electrons. The van der Waals surface area contributed by atoms with Gasteiger partial charge < -0.3 is 14.4 Å². The SMILES string of the molecule is Cc1oc(-c2cccs2)nc1CC(=O)N1C[C@H](C(=O)O)[C@@H](C2CC2)C1. The number of amides is 1. The lowest BCUT2D eigenvalue weighted by Crippen LogP contribution is -2.31. The van der Waals surface area contributed by atoms with Crippen LogP contribution >= 0.6 is 11.3 Å². The average Bonchev–Trinajstić information content (AvgIpc) is 3.01. The van der Waals surface area contributed by atoms with Gasteiger partial charge in [-0.1, -0.05) is 6.07 Å². The molecule has 0 spiro atoms. The first kappa shape index (κ1) is 16.3. The number of carboxylic acids is 1. The van der Waals surface area contributed by atoms with Gasteiger partial charge in [0.2, 0.25) is 11.8 Å². The zero-order chi connectivity index (χ0) is 17.6. The van der Waals surface area contributed by atoms with Crippen molar-refractivity contribution in [2.45, 2.75) is 26.2 Å². The summed E-state index contributed by atoms with van der Waals surface area (Å²) in [6.45, 7) is 2.67. The molecule has 2 fully saturated rings. The molecular formula is C18H20N2O4S. The van der Waals surface area contributed by atoms with Crippen molar-refractivity contribution in [1.82, 2.24) is 9.88 Å². The van der Waals surface area contributed by atoms with Crippen molar-refractivity contribution in [3.05, 3.63) is 29.0 Å². The summed E-state index contributed by atoms with van der Waals surface area (Å²) in [6.07, 6.45) is 2.33. The first-order valence-corrected chi connectivity index (χ1v) is 9.41. The Morgan fingerprint density at radius 1 is 1.40 bits per heavy atom. The number of carbonyl (C=O) groups is 2. The number of carbonyl (C=O) groups excluding carboxylic acids is 1. The molecule has 1 saturated heterocycles. The van der Waals surface area contributed by atoms with Crippen LogP contribution < -0.4 is 0 Å². The Balaban J connectivity index is 1.46. The summed E-state index contributed by atoms with van der Waals surface area (Å²) >= 11 is 1.54. The molecule has 0 aromatic carbocycles. The lowest BCUT2D eigenvalue weighted by molar-refractivity contribution is -0.142. The number of rotatable bonds is 5. The Labute approximate surface area is 149 Å². The van der Waals surface area contributed by atoms with Gasteiger partial charge in [-0.15, -0.1) is 11.3 Å². The van der Waals surface area contributed by atoms with E-state index in [-0.39, 0.29) is 18.2 Å². The summed E-state index contributed by atoms with van der Waals surface area (Å²) in [6, 6.07) is 3.86. The predicted molar refractivity (Wildman–Crippen MR) is 92.2 cm³/mol. The van der Waals surface area contributed by atoms with Crippen LogP contribution in [0.5, 0.6) is 0 Å². The van der Waals surface area contributed by atoms with Gasteiger partial charge in [0.15, 0.2) is 0 Å². The van der Waals surface area contributed by atoms with E-state index in [4.69, 9.17) is 4.42 Å². The highest BCUT2D eigenvalue weighted by Crippen LogP contribution is 2.44. The van der Waals surface area contributed by atoms with E-state index in [1.54, 1.807) is 4.90 Å². The Morgan fingerprint density at radius 3 is 2.84 bits per heavy atom. The first-order chi connectivity index (χ1) is 12.0. The number of nitrogens with zero attached hydrogens (tertiary/aromatic N) is 2. The number of aryl methyl sites for hydroxylation is 1. The smallest absolute Gasteiger partial charge is 0.308 e. The Hall–Kier alpha value is -2.15. The molecule has 1 amide bonds. The van der Waals surface area contributed by atoms with E-state index in [9.17, 15) is 14.7 Å². The molecule has 1 aliphatic heterocycles. The van der Waals surface area contributed by atoms with Crippen molar-refractivity contribution in [3.8, 4) is 10.8 Å². The van der Waals surface area contributed by atoms with E-state index in [1.165, 1.54) is 11.3 Å². The Kier molecular flexibility index (Phi) is 4.11. The standard InChI is InChI=1S/C18H20N2O4S/c1-10-14(19-17(24-10)15-3-2-6-25-15)7-16(21)20-8-12(11-4-5-11)13(9-20)18(22)23/h2-3,6,11-13H,4-5,7-9H2,1H3,(H,22,23)/t12-,13+/m1/s1. The second-order valence-electron chi connectivity index (χ2n) is 6.92. The second kappa shape index (κ2) is 6.29. The molecule has 1 aliphatic carbocycles. The van der Waals surface area contributed by atoms with Crippen LogP contribution in [0.1, 0.15) is 24.3 Å². The highest BCUT2D eigenvalue weighted by atomic mass is 32.1. The van der Waals surface area contributed by atoms with E-state index in [0.717, 1.165) is 17.7 Å². The van der Waals surface area contributed by atoms with Crippen LogP contribution in [0, 0.1) is 24.7 Å². The van der Waals surface area contributed by atoms with Gasteiger partial charge in [-0.25, -0.2) is 4.98 Å². The average molecular weight is 360 g/mol. The third-order valence-corrected chi connectivity index (χ3v) is 6.06. The molecule has 7 heteroatoms. The molecule has 2 aromatic heterocycles. The molecule has 2 atom stereocenters. The summed E-state index contributed by atoms with van der Waals surface area (Å²) in [5.41, 5.74) is 0.634. The van der Waals surface area contributed by atoms with Crippen LogP contribution in [-0.2, 0) is 16.0 Å². The summed E-state index contributed by atoms with van der Waals surface area (Å²) in [5, 5.41) is 11.4. The van der Waals surface area contributed by atoms with Crippen molar-refractivity contribution < 1.29 is 19.1 Å². The van der Waals surface area contributed by atoms with Crippen LogP contribution in [0.25, 0.3) is 10.8 Å². The van der Waals surface area contributed by atoms with Gasteiger partial charge in [0.25, 0.3) is 0 Å². The van der Waals surface area contributed by atoms with Gasteiger partial charge in [-0.3, -0.25) is 9.59 Å². The van der Waals surface area contributed by atoms with Gasteiger partial charge in [0, 0.05) is 13.1 Å². The minimum atomic E-state index is -0.787. The van der Waals surface area contributed by atoms with Crippen LogP contribution in [0.15, 0.2) is 21.9 Å². The minimum absolute atomic E-state index is 0.0662. The zero-order valence-corrected chi connectivity index (χ0v) is 14.8. The van der Waals surface area contributed by atoms with Crippen molar-refractivity contribution in [1.29, 1.82) is 0 Å². The summed E-state index contributed by atoms with van der Waals surface area (Å²) in [7, 11) is 0. The van der Waals surface area contributed by atoms with Crippen molar-refractivity contribution >= 4 is 23.2 Å². The highest BCUT2D eigenvalue weighted by molar-refractivity contribution is 7.13. The maximum Gasteiger partial charge on any atom is 0.308 e. The molecule has 6 nitrogen and oxygen atoms in total. The third-order valence-electron chi connectivity index (χ3n) is 5.21. The fourth-order valence-electron chi connectivity index (χ4n) is 3.65. The van der Waals surface area contributed by atoms with Crippen molar-refractivity contribution in [2.75, 3.05) is 13.1 Å². The molecule has 1 N–H and O–H groups in total. The predicted octanol–water partition coefficient (Wildman–Crippen LogP) is 2.82. The van der Waals surface area contributed by atoms with E-state index in [2.05, 4.69) is 4.98 Å². The third kappa shape index (κ3) is 3.20. The summed E-state index contributed by atoms with van der Waals surface area (Å²) < 4.78 is 5.69. The fraction of sp³-hybridized carbons (Fsp3) is 0.500. The van der Waals surface area contributed by atoms with Crippen molar-refractivity contribution in [2.24, 2.45) is 17.8 Å². The molecular weight excluding hydrogens is 340 g/mol. The van der Waals surface area contributed by atoms with E-state index in [0.29, 0.717) is 36.4 Å². The number of hydrogen-bond acceptors (Lipinski definition) is 5. The Morgan fingerprint density at radius 2 is 2.20 bits per heavy atom. The van der Waals surface area contributed by atoms with Gasteiger partial charge in [0.1, 0.15) is 5.76 Å².